The fourth-order valence-corrected chi connectivity index (χ4v) is 3.18. The molecule has 0 aromatic heterocycles. The van der Waals surface area contributed by atoms with Gasteiger partial charge in [0.15, 0.2) is 0 Å². The third-order valence-corrected chi connectivity index (χ3v) is 4.49. The lowest BCUT2D eigenvalue weighted by Gasteiger charge is -2.22. The molecule has 1 nitrogen and oxygen atoms in total. The lowest BCUT2D eigenvalue weighted by atomic mass is 9.96. The molecule has 3 heteroatoms. The number of nitrogens with one attached hydrogen (secondary N) is 1. The van der Waals surface area contributed by atoms with Crippen molar-refractivity contribution in [2.75, 3.05) is 12.3 Å². The Balaban J connectivity index is 1.60. The minimum absolute atomic E-state index is 0.773. The van der Waals surface area contributed by atoms with Crippen LogP contribution in [-0.4, -0.2) is 18.3 Å². The summed E-state index contributed by atoms with van der Waals surface area (Å²) in [6, 6.07) is 8.87. The number of hydrogen-bond donors (Lipinski definition) is 1. The lowest BCUT2D eigenvalue weighted by molar-refractivity contribution is 0.381. The van der Waals surface area contributed by atoms with Gasteiger partial charge in [0.05, 0.1) is 0 Å². The first-order valence-corrected chi connectivity index (χ1v) is 7.83. The molecule has 1 aliphatic carbocycles. The normalized spacial score (nSPS) is 17.2. The minimum Gasteiger partial charge on any atom is -0.313 e. The Bertz CT molecular complexity index is 319. The highest BCUT2D eigenvalue weighted by molar-refractivity contribution is 7.99. The van der Waals surface area contributed by atoms with Crippen LogP contribution in [0.1, 0.15) is 32.1 Å². The van der Waals surface area contributed by atoms with Crippen molar-refractivity contribution in [2.45, 2.75) is 43.0 Å². The zero-order valence-electron chi connectivity index (χ0n) is 10.1. The fraction of sp³-hybridized carbons (Fsp3) is 0.571. The second kappa shape index (κ2) is 7.30. The average molecular weight is 270 g/mol. The maximum Gasteiger partial charge on any atom is 0.0406 e. The molecule has 94 valence electrons. The van der Waals surface area contributed by atoms with Crippen molar-refractivity contribution in [1.29, 1.82) is 0 Å². The Morgan fingerprint density at radius 2 is 1.82 bits per heavy atom. The van der Waals surface area contributed by atoms with E-state index >= 15 is 0 Å². The highest BCUT2D eigenvalue weighted by atomic mass is 35.5. The molecule has 1 fully saturated rings. The number of hydrogen-bond acceptors (Lipinski definition) is 2. The van der Waals surface area contributed by atoms with E-state index in [9.17, 15) is 0 Å². The highest BCUT2D eigenvalue weighted by Gasteiger charge is 2.11. The number of halogens is 1. The molecule has 1 N–H and O–H groups in total. The smallest absolute Gasteiger partial charge is 0.0406 e. The van der Waals surface area contributed by atoms with Crippen molar-refractivity contribution < 1.29 is 0 Å². The molecule has 0 spiro atoms. The van der Waals surface area contributed by atoms with Gasteiger partial charge in [0.2, 0.25) is 0 Å². The molecular weight excluding hydrogens is 250 g/mol. The van der Waals surface area contributed by atoms with Crippen LogP contribution in [0.2, 0.25) is 5.02 Å². The van der Waals surface area contributed by atoms with E-state index in [1.165, 1.54) is 37.0 Å². The Morgan fingerprint density at radius 1 is 1.12 bits per heavy atom. The van der Waals surface area contributed by atoms with Crippen molar-refractivity contribution in [2.24, 2.45) is 0 Å². The number of thioether (sulfide) groups is 1. The summed E-state index contributed by atoms with van der Waals surface area (Å²) in [4.78, 5) is 1.31. The molecule has 1 aliphatic rings. The van der Waals surface area contributed by atoms with Gasteiger partial charge in [0, 0.05) is 28.3 Å². The predicted octanol–water partition coefficient (Wildman–Crippen LogP) is 4.35. The molecule has 2 rings (SSSR count). The van der Waals surface area contributed by atoms with Gasteiger partial charge in [0.25, 0.3) is 0 Å². The predicted molar refractivity (Wildman–Crippen MR) is 77.1 cm³/mol. The van der Waals surface area contributed by atoms with E-state index in [0.29, 0.717) is 0 Å². The first-order chi connectivity index (χ1) is 8.34. The second-order valence-corrected chi connectivity index (χ2v) is 6.20. The monoisotopic (exact) mass is 269 g/mol. The van der Waals surface area contributed by atoms with Gasteiger partial charge in [-0.1, -0.05) is 30.9 Å². The van der Waals surface area contributed by atoms with Crippen LogP contribution in [0.3, 0.4) is 0 Å². The Labute approximate surface area is 113 Å². The first kappa shape index (κ1) is 13.3. The summed E-state index contributed by atoms with van der Waals surface area (Å²) in [5, 5.41) is 4.47. The molecule has 0 heterocycles. The summed E-state index contributed by atoms with van der Waals surface area (Å²) < 4.78 is 0. The van der Waals surface area contributed by atoms with Crippen molar-refractivity contribution >= 4 is 23.4 Å². The molecule has 0 saturated heterocycles. The Kier molecular flexibility index (Phi) is 5.69. The molecule has 1 aromatic carbocycles. The third-order valence-electron chi connectivity index (χ3n) is 3.22. The minimum atomic E-state index is 0.773. The molecule has 1 aromatic rings. The van der Waals surface area contributed by atoms with Gasteiger partial charge in [-0.25, -0.2) is 0 Å². The average Bonchev–Trinajstić information content (AvgIpc) is 2.38. The van der Waals surface area contributed by atoms with Gasteiger partial charge in [-0.3, -0.25) is 0 Å². The van der Waals surface area contributed by atoms with E-state index in [1.54, 1.807) is 0 Å². The van der Waals surface area contributed by atoms with Gasteiger partial charge in [-0.05, 0) is 37.1 Å². The van der Waals surface area contributed by atoms with E-state index in [-0.39, 0.29) is 0 Å². The highest BCUT2D eigenvalue weighted by Crippen LogP contribution is 2.20. The summed E-state index contributed by atoms with van der Waals surface area (Å²) in [6.45, 7) is 1.11. The number of benzene rings is 1. The van der Waals surface area contributed by atoms with E-state index < -0.39 is 0 Å². The molecule has 1 saturated carbocycles. The third kappa shape index (κ3) is 4.90. The zero-order valence-corrected chi connectivity index (χ0v) is 11.7. The van der Waals surface area contributed by atoms with E-state index in [4.69, 9.17) is 11.6 Å². The maximum atomic E-state index is 5.85. The van der Waals surface area contributed by atoms with Crippen LogP contribution in [0.4, 0.5) is 0 Å². The number of rotatable bonds is 5. The van der Waals surface area contributed by atoms with Crippen molar-refractivity contribution in [1.82, 2.24) is 5.32 Å². The molecule has 0 amide bonds. The zero-order chi connectivity index (χ0) is 11.9. The summed E-state index contributed by atoms with van der Waals surface area (Å²) in [5.74, 6) is 1.14. The summed E-state index contributed by atoms with van der Waals surface area (Å²) in [5.41, 5.74) is 0. The van der Waals surface area contributed by atoms with Crippen LogP contribution in [0, 0.1) is 0 Å². The second-order valence-electron chi connectivity index (χ2n) is 4.59. The fourth-order valence-electron chi connectivity index (χ4n) is 2.27. The van der Waals surface area contributed by atoms with E-state index in [0.717, 1.165) is 23.4 Å². The van der Waals surface area contributed by atoms with Crippen molar-refractivity contribution in [3.05, 3.63) is 29.3 Å². The maximum absolute atomic E-state index is 5.85. The van der Waals surface area contributed by atoms with Gasteiger partial charge in [-0.15, -0.1) is 11.8 Å². The van der Waals surface area contributed by atoms with Crippen LogP contribution in [0.15, 0.2) is 29.2 Å². The largest absolute Gasteiger partial charge is 0.313 e. The van der Waals surface area contributed by atoms with Gasteiger partial charge in [-0.2, -0.15) is 0 Å². The SMILES string of the molecule is Clc1ccc(SCCNC2CCCCC2)cc1. The topological polar surface area (TPSA) is 12.0 Å². The molecule has 0 unspecified atom stereocenters. The first-order valence-electron chi connectivity index (χ1n) is 6.46. The van der Waals surface area contributed by atoms with Crippen LogP contribution in [0.5, 0.6) is 0 Å². The van der Waals surface area contributed by atoms with Crippen molar-refractivity contribution in [3.8, 4) is 0 Å². The quantitative estimate of drug-likeness (QED) is 0.630. The molecule has 0 aliphatic heterocycles. The summed E-state index contributed by atoms with van der Waals surface area (Å²) in [7, 11) is 0. The van der Waals surface area contributed by atoms with Gasteiger partial charge >= 0.3 is 0 Å². The molecular formula is C14H20ClNS. The molecule has 17 heavy (non-hydrogen) atoms. The standard InChI is InChI=1S/C14H20ClNS/c15-12-6-8-14(9-7-12)17-11-10-16-13-4-2-1-3-5-13/h6-9,13,16H,1-5,10-11H2. The van der Waals surface area contributed by atoms with Crippen molar-refractivity contribution in [3.63, 3.8) is 0 Å². The van der Waals surface area contributed by atoms with Gasteiger partial charge < -0.3 is 5.32 Å². The molecule has 0 atom stereocenters. The Morgan fingerprint density at radius 3 is 2.53 bits per heavy atom. The van der Waals surface area contributed by atoms with E-state index in [1.807, 2.05) is 23.9 Å². The lowest BCUT2D eigenvalue weighted by Crippen LogP contribution is -2.32. The van der Waals surface area contributed by atoms with E-state index in [2.05, 4.69) is 17.4 Å². The van der Waals surface area contributed by atoms with Crippen LogP contribution >= 0.6 is 23.4 Å². The Hall–Kier alpha value is -0.180. The van der Waals surface area contributed by atoms with Crippen LogP contribution in [-0.2, 0) is 0 Å². The molecule has 0 bridgehead atoms. The summed E-state index contributed by atoms with van der Waals surface area (Å²) >= 11 is 7.75. The summed E-state index contributed by atoms with van der Waals surface area (Å²) in [6.07, 6.45) is 6.97. The van der Waals surface area contributed by atoms with Crippen LogP contribution in [0.25, 0.3) is 0 Å². The molecule has 0 radical (unpaired) electrons. The van der Waals surface area contributed by atoms with Gasteiger partial charge in [0.1, 0.15) is 0 Å². The van der Waals surface area contributed by atoms with Crippen LogP contribution < -0.4 is 5.32 Å².